The molecule has 0 unspecified atom stereocenters. The molecule has 0 amide bonds. The van der Waals surface area contributed by atoms with Gasteiger partial charge in [0.1, 0.15) is 5.82 Å². The quantitative estimate of drug-likeness (QED) is 0.708. The second kappa shape index (κ2) is 5.96. The molecule has 14 heavy (non-hydrogen) atoms. The van der Waals surface area contributed by atoms with Gasteiger partial charge in [0, 0.05) is 17.7 Å². The van der Waals surface area contributed by atoms with E-state index in [0.717, 1.165) is 0 Å². The smallest absolute Gasteiger partial charge is 0.130 e. The lowest BCUT2D eigenvalue weighted by molar-refractivity contribution is 0.0604. The van der Waals surface area contributed by atoms with Gasteiger partial charge in [0.2, 0.25) is 0 Å². The maximum Gasteiger partial charge on any atom is 0.130 e. The SMILES string of the molecule is COCCOCc1ccc(Cl)cc1F. The van der Waals surface area contributed by atoms with E-state index in [9.17, 15) is 4.39 Å². The number of benzene rings is 1. The summed E-state index contributed by atoms with van der Waals surface area (Å²) in [6.07, 6.45) is 0. The Labute approximate surface area is 87.6 Å². The van der Waals surface area contributed by atoms with Crippen molar-refractivity contribution in [1.29, 1.82) is 0 Å². The minimum Gasteiger partial charge on any atom is -0.382 e. The van der Waals surface area contributed by atoms with Crippen molar-refractivity contribution in [1.82, 2.24) is 0 Å². The van der Waals surface area contributed by atoms with Crippen LogP contribution in [0.15, 0.2) is 18.2 Å². The summed E-state index contributed by atoms with van der Waals surface area (Å²) in [6, 6.07) is 4.53. The van der Waals surface area contributed by atoms with Crippen LogP contribution in [0.5, 0.6) is 0 Å². The zero-order chi connectivity index (χ0) is 10.4. The molecular formula is C10H12ClFO2. The first-order valence-electron chi connectivity index (χ1n) is 4.24. The lowest BCUT2D eigenvalue weighted by Crippen LogP contribution is -2.02. The molecule has 0 aromatic heterocycles. The van der Waals surface area contributed by atoms with Crippen LogP contribution in [0.4, 0.5) is 4.39 Å². The second-order valence-electron chi connectivity index (χ2n) is 2.78. The average Bonchev–Trinajstić information content (AvgIpc) is 2.15. The Balaban J connectivity index is 2.42. The predicted octanol–water partition coefficient (Wildman–Crippen LogP) is 2.64. The molecule has 1 rings (SSSR count). The van der Waals surface area contributed by atoms with Gasteiger partial charge in [-0.1, -0.05) is 17.7 Å². The molecule has 2 nitrogen and oxygen atoms in total. The standard InChI is InChI=1S/C10H12ClFO2/c1-13-4-5-14-7-8-2-3-9(11)6-10(8)12/h2-3,6H,4-5,7H2,1H3. The summed E-state index contributed by atoms with van der Waals surface area (Å²) in [5.74, 6) is -0.338. The topological polar surface area (TPSA) is 18.5 Å². The van der Waals surface area contributed by atoms with Crippen LogP contribution in [0.2, 0.25) is 5.02 Å². The van der Waals surface area contributed by atoms with Crippen LogP contribution >= 0.6 is 11.6 Å². The van der Waals surface area contributed by atoms with E-state index >= 15 is 0 Å². The third kappa shape index (κ3) is 3.62. The molecule has 0 saturated carbocycles. The maximum absolute atomic E-state index is 13.2. The van der Waals surface area contributed by atoms with E-state index in [-0.39, 0.29) is 12.4 Å². The molecule has 0 radical (unpaired) electrons. The Kier molecular flexibility index (Phi) is 4.87. The minimum atomic E-state index is -0.338. The molecule has 0 aliphatic rings. The second-order valence-corrected chi connectivity index (χ2v) is 3.22. The Morgan fingerprint density at radius 2 is 2.14 bits per heavy atom. The van der Waals surface area contributed by atoms with Crippen molar-refractivity contribution in [3.8, 4) is 0 Å². The molecule has 1 aromatic rings. The van der Waals surface area contributed by atoms with E-state index in [1.54, 1.807) is 19.2 Å². The average molecular weight is 219 g/mol. The van der Waals surface area contributed by atoms with Crippen LogP contribution in [0.25, 0.3) is 0 Å². The summed E-state index contributed by atoms with van der Waals surface area (Å²) in [5, 5.41) is 0.392. The molecule has 0 aliphatic heterocycles. The van der Waals surface area contributed by atoms with Gasteiger partial charge >= 0.3 is 0 Å². The molecule has 1 aromatic carbocycles. The number of hydrogen-bond acceptors (Lipinski definition) is 2. The third-order valence-electron chi connectivity index (χ3n) is 1.70. The number of hydrogen-bond donors (Lipinski definition) is 0. The Morgan fingerprint density at radius 3 is 2.79 bits per heavy atom. The zero-order valence-electron chi connectivity index (χ0n) is 7.93. The minimum absolute atomic E-state index is 0.242. The highest BCUT2D eigenvalue weighted by Crippen LogP contribution is 2.15. The highest BCUT2D eigenvalue weighted by Gasteiger charge is 2.02. The lowest BCUT2D eigenvalue weighted by atomic mass is 10.2. The van der Waals surface area contributed by atoms with Crippen molar-refractivity contribution < 1.29 is 13.9 Å². The van der Waals surface area contributed by atoms with E-state index in [1.165, 1.54) is 6.07 Å². The predicted molar refractivity (Wildman–Crippen MR) is 52.9 cm³/mol. The molecule has 0 bridgehead atoms. The summed E-state index contributed by atoms with van der Waals surface area (Å²) in [7, 11) is 1.59. The van der Waals surface area contributed by atoms with Gasteiger partial charge in [0.25, 0.3) is 0 Å². The first kappa shape index (κ1) is 11.4. The molecule has 0 N–H and O–H groups in total. The monoisotopic (exact) mass is 218 g/mol. The lowest BCUT2D eigenvalue weighted by Gasteiger charge is -2.04. The molecule has 0 atom stereocenters. The number of rotatable bonds is 5. The molecule has 0 aliphatic carbocycles. The summed E-state index contributed by atoms with van der Waals surface area (Å²) in [6.45, 7) is 1.21. The van der Waals surface area contributed by atoms with Crippen molar-refractivity contribution in [2.24, 2.45) is 0 Å². The first-order valence-corrected chi connectivity index (χ1v) is 4.62. The van der Waals surface area contributed by atoms with Crippen molar-refractivity contribution >= 4 is 11.6 Å². The summed E-state index contributed by atoms with van der Waals surface area (Å²) in [4.78, 5) is 0. The normalized spacial score (nSPS) is 10.5. The number of methoxy groups -OCH3 is 1. The van der Waals surface area contributed by atoms with E-state index in [0.29, 0.717) is 23.8 Å². The van der Waals surface area contributed by atoms with Crippen molar-refractivity contribution in [3.05, 3.63) is 34.6 Å². The van der Waals surface area contributed by atoms with Gasteiger partial charge in [0.05, 0.1) is 19.8 Å². The van der Waals surface area contributed by atoms with Gasteiger partial charge in [-0.3, -0.25) is 0 Å². The highest BCUT2D eigenvalue weighted by molar-refractivity contribution is 6.30. The Morgan fingerprint density at radius 1 is 1.36 bits per heavy atom. The Bertz CT molecular complexity index is 291. The van der Waals surface area contributed by atoms with Crippen molar-refractivity contribution in [2.45, 2.75) is 6.61 Å². The molecule has 0 spiro atoms. The fourth-order valence-electron chi connectivity index (χ4n) is 0.963. The van der Waals surface area contributed by atoms with Gasteiger partial charge in [0.15, 0.2) is 0 Å². The van der Waals surface area contributed by atoms with Gasteiger partial charge in [-0.15, -0.1) is 0 Å². The zero-order valence-corrected chi connectivity index (χ0v) is 8.68. The highest BCUT2D eigenvalue weighted by atomic mass is 35.5. The van der Waals surface area contributed by atoms with Crippen LogP contribution < -0.4 is 0 Å². The van der Waals surface area contributed by atoms with Crippen LogP contribution in [0.1, 0.15) is 5.56 Å². The van der Waals surface area contributed by atoms with E-state index in [2.05, 4.69) is 0 Å². The van der Waals surface area contributed by atoms with Crippen LogP contribution in [-0.2, 0) is 16.1 Å². The largest absolute Gasteiger partial charge is 0.382 e. The van der Waals surface area contributed by atoms with E-state index < -0.39 is 0 Å². The van der Waals surface area contributed by atoms with Crippen molar-refractivity contribution in [2.75, 3.05) is 20.3 Å². The fraction of sp³-hybridized carbons (Fsp3) is 0.400. The van der Waals surface area contributed by atoms with E-state index in [4.69, 9.17) is 21.1 Å². The maximum atomic E-state index is 13.2. The number of ether oxygens (including phenoxy) is 2. The van der Waals surface area contributed by atoms with Crippen LogP contribution in [0.3, 0.4) is 0 Å². The summed E-state index contributed by atoms with van der Waals surface area (Å²) in [5.41, 5.74) is 0.505. The van der Waals surface area contributed by atoms with Gasteiger partial charge in [-0.05, 0) is 12.1 Å². The fourth-order valence-corrected chi connectivity index (χ4v) is 1.12. The Hall–Kier alpha value is -0.640. The van der Waals surface area contributed by atoms with E-state index in [1.807, 2.05) is 0 Å². The molecule has 78 valence electrons. The van der Waals surface area contributed by atoms with Gasteiger partial charge in [-0.25, -0.2) is 4.39 Å². The summed E-state index contributed by atoms with van der Waals surface area (Å²) < 4.78 is 23.1. The molecule has 0 fully saturated rings. The van der Waals surface area contributed by atoms with Crippen LogP contribution in [0, 0.1) is 5.82 Å². The third-order valence-corrected chi connectivity index (χ3v) is 1.94. The molecule has 4 heteroatoms. The molecule has 0 saturated heterocycles. The molecular weight excluding hydrogens is 207 g/mol. The summed E-state index contributed by atoms with van der Waals surface area (Å²) >= 11 is 5.60. The first-order chi connectivity index (χ1) is 6.74. The van der Waals surface area contributed by atoms with Crippen LogP contribution in [-0.4, -0.2) is 20.3 Å². The van der Waals surface area contributed by atoms with Gasteiger partial charge < -0.3 is 9.47 Å². The number of halogens is 2. The molecule has 0 heterocycles. The van der Waals surface area contributed by atoms with Gasteiger partial charge in [-0.2, -0.15) is 0 Å². The van der Waals surface area contributed by atoms with Crippen molar-refractivity contribution in [3.63, 3.8) is 0 Å².